The minimum absolute atomic E-state index is 0.570. The Labute approximate surface area is 160 Å². The molecule has 3 aromatic rings. The summed E-state index contributed by atoms with van der Waals surface area (Å²) in [5.41, 5.74) is 3.23. The van der Waals surface area contributed by atoms with E-state index >= 15 is 0 Å². The first-order valence-corrected chi connectivity index (χ1v) is 9.18. The lowest BCUT2D eigenvalue weighted by Crippen LogP contribution is -2.32. The van der Waals surface area contributed by atoms with E-state index < -0.39 is 5.79 Å². The SMILES string of the molecule is COc1ccc(-c2ccc(C3(Cn4ccnc4)OCCO3)cc2)cc1Br. The molecule has 4 rings (SSSR count). The summed E-state index contributed by atoms with van der Waals surface area (Å²) in [6.45, 7) is 1.74. The molecule has 1 aromatic heterocycles. The summed E-state index contributed by atoms with van der Waals surface area (Å²) in [7, 11) is 1.66. The maximum atomic E-state index is 6.00. The molecule has 0 N–H and O–H groups in total. The molecule has 0 aliphatic carbocycles. The lowest BCUT2D eigenvalue weighted by molar-refractivity contribution is -0.176. The van der Waals surface area contributed by atoms with Gasteiger partial charge < -0.3 is 18.8 Å². The first-order valence-electron chi connectivity index (χ1n) is 8.38. The monoisotopic (exact) mass is 414 g/mol. The molecule has 134 valence electrons. The number of nitrogens with zero attached hydrogens (tertiary/aromatic N) is 2. The molecule has 2 heterocycles. The van der Waals surface area contributed by atoms with Gasteiger partial charge in [-0.15, -0.1) is 0 Å². The average Bonchev–Trinajstić information content (AvgIpc) is 3.35. The molecule has 0 atom stereocenters. The van der Waals surface area contributed by atoms with Crippen molar-refractivity contribution in [1.82, 2.24) is 9.55 Å². The van der Waals surface area contributed by atoms with Crippen LogP contribution in [0.25, 0.3) is 11.1 Å². The van der Waals surface area contributed by atoms with Crippen LogP contribution < -0.4 is 4.74 Å². The van der Waals surface area contributed by atoms with E-state index in [4.69, 9.17) is 14.2 Å². The predicted octanol–water partition coefficient (Wildman–Crippen LogP) is 4.22. The topological polar surface area (TPSA) is 45.5 Å². The highest BCUT2D eigenvalue weighted by Crippen LogP contribution is 2.35. The summed E-state index contributed by atoms with van der Waals surface area (Å²) in [5.74, 6) is 0.0529. The normalized spacial score (nSPS) is 15.9. The minimum atomic E-state index is -0.764. The molecule has 5 nitrogen and oxygen atoms in total. The number of hydrogen-bond acceptors (Lipinski definition) is 4. The van der Waals surface area contributed by atoms with Gasteiger partial charge in [0.15, 0.2) is 0 Å². The standard InChI is InChI=1S/C20H19BrN2O3/c1-24-19-7-4-16(12-18(19)21)15-2-5-17(6-3-15)20(25-10-11-26-20)13-23-9-8-22-14-23/h2-9,12,14H,10-11,13H2,1H3. The predicted molar refractivity (Wildman–Crippen MR) is 102 cm³/mol. The average molecular weight is 415 g/mol. The number of methoxy groups -OCH3 is 1. The Balaban J connectivity index is 1.63. The smallest absolute Gasteiger partial charge is 0.213 e. The summed E-state index contributed by atoms with van der Waals surface area (Å²) >= 11 is 3.54. The summed E-state index contributed by atoms with van der Waals surface area (Å²) < 4.78 is 20.2. The Kier molecular flexibility index (Phi) is 4.80. The molecule has 26 heavy (non-hydrogen) atoms. The van der Waals surface area contributed by atoms with Crippen molar-refractivity contribution in [2.24, 2.45) is 0 Å². The number of imidazole rings is 1. The highest BCUT2D eigenvalue weighted by molar-refractivity contribution is 9.10. The Bertz CT molecular complexity index is 873. The molecular formula is C20H19BrN2O3. The molecule has 1 saturated heterocycles. The zero-order valence-electron chi connectivity index (χ0n) is 14.4. The van der Waals surface area contributed by atoms with Crippen LogP contribution in [0.5, 0.6) is 5.75 Å². The molecular weight excluding hydrogens is 396 g/mol. The van der Waals surface area contributed by atoms with Crippen LogP contribution in [0.1, 0.15) is 5.56 Å². The third-order valence-electron chi connectivity index (χ3n) is 4.51. The van der Waals surface area contributed by atoms with E-state index in [-0.39, 0.29) is 0 Å². The minimum Gasteiger partial charge on any atom is -0.496 e. The molecule has 2 aromatic carbocycles. The second-order valence-corrected chi connectivity index (χ2v) is 6.97. The van der Waals surface area contributed by atoms with Crippen molar-refractivity contribution < 1.29 is 14.2 Å². The Morgan fingerprint density at radius 3 is 2.46 bits per heavy atom. The van der Waals surface area contributed by atoms with Crippen LogP contribution in [0, 0.1) is 0 Å². The molecule has 1 aliphatic heterocycles. The maximum Gasteiger partial charge on any atom is 0.213 e. The van der Waals surface area contributed by atoms with Crippen molar-refractivity contribution in [3.8, 4) is 16.9 Å². The van der Waals surface area contributed by atoms with Crippen molar-refractivity contribution in [2.45, 2.75) is 12.3 Å². The van der Waals surface area contributed by atoms with Gasteiger partial charge in [0.05, 0.1) is 37.7 Å². The first-order chi connectivity index (χ1) is 12.7. The highest BCUT2D eigenvalue weighted by Gasteiger charge is 2.39. The quantitative estimate of drug-likeness (QED) is 0.626. The van der Waals surface area contributed by atoms with Gasteiger partial charge in [-0.05, 0) is 39.2 Å². The van der Waals surface area contributed by atoms with Crippen LogP contribution in [0.15, 0.2) is 65.7 Å². The second kappa shape index (κ2) is 7.23. The van der Waals surface area contributed by atoms with Gasteiger partial charge in [0.2, 0.25) is 5.79 Å². The molecule has 0 spiro atoms. The van der Waals surface area contributed by atoms with Crippen LogP contribution in [0.4, 0.5) is 0 Å². The van der Waals surface area contributed by atoms with Crippen molar-refractivity contribution in [3.63, 3.8) is 0 Å². The van der Waals surface area contributed by atoms with E-state index in [1.807, 2.05) is 22.9 Å². The zero-order chi connectivity index (χ0) is 18.0. The molecule has 0 unspecified atom stereocenters. The van der Waals surface area contributed by atoms with Gasteiger partial charge in [-0.2, -0.15) is 0 Å². The number of ether oxygens (including phenoxy) is 3. The van der Waals surface area contributed by atoms with E-state index in [2.05, 4.69) is 51.2 Å². The fraction of sp³-hybridized carbons (Fsp3) is 0.250. The maximum absolute atomic E-state index is 6.00. The lowest BCUT2D eigenvalue weighted by atomic mass is 10.00. The zero-order valence-corrected chi connectivity index (χ0v) is 16.0. The van der Waals surface area contributed by atoms with Gasteiger partial charge in [-0.3, -0.25) is 0 Å². The second-order valence-electron chi connectivity index (χ2n) is 6.11. The van der Waals surface area contributed by atoms with E-state index in [0.717, 1.165) is 26.9 Å². The van der Waals surface area contributed by atoms with Gasteiger partial charge >= 0.3 is 0 Å². The molecule has 1 fully saturated rings. The van der Waals surface area contributed by atoms with E-state index in [0.29, 0.717) is 19.8 Å². The highest BCUT2D eigenvalue weighted by atomic mass is 79.9. The fourth-order valence-corrected chi connectivity index (χ4v) is 3.73. The molecule has 0 saturated carbocycles. The van der Waals surface area contributed by atoms with Gasteiger partial charge in [0, 0.05) is 18.0 Å². The van der Waals surface area contributed by atoms with Crippen LogP contribution in [-0.4, -0.2) is 29.9 Å². The largest absolute Gasteiger partial charge is 0.496 e. The van der Waals surface area contributed by atoms with Gasteiger partial charge in [-0.1, -0.05) is 30.3 Å². The van der Waals surface area contributed by atoms with E-state index in [1.54, 1.807) is 19.6 Å². The summed E-state index contributed by atoms with van der Waals surface area (Å²) in [6.07, 6.45) is 5.44. The van der Waals surface area contributed by atoms with Gasteiger partial charge in [-0.25, -0.2) is 4.98 Å². The Hall–Kier alpha value is -2.15. The Morgan fingerprint density at radius 2 is 1.85 bits per heavy atom. The van der Waals surface area contributed by atoms with Crippen molar-refractivity contribution in [1.29, 1.82) is 0 Å². The number of hydrogen-bond donors (Lipinski definition) is 0. The molecule has 0 amide bonds. The van der Waals surface area contributed by atoms with Gasteiger partial charge in [0.1, 0.15) is 5.75 Å². The van der Waals surface area contributed by atoms with Crippen LogP contribution in [-0.2, 0) is 21.8 Å². The Morgan fingerprint density at radius 1 is 1.12 bits per heavy atom. The number of benzene rings is 2. The van der Waals surface area contributed by atoms with Crippen LogP contribution in [0.2, 0.25) is 0 Å². The summed E-state index contributed by atoms with van der Waals surface area (Å²) in [5, 5.41) is 0. The number of aromatic nitrogens is 2. The van der Waals surface area contributed by atoms with Crippen molar-refractivity contribution >= 4 is 15.9 Å². The molecule has 1 aliphatic rings. The molecule has 0 bridgehead atoms. The van der Waals surface area contributed by atoms with Crippen LogP contribution in [0.3, 0.4) is 0 Å². The lowest BCUT2D eigenvalue weighted by Gasteiger charge is -2.28. The van der Waals surface area contributed by atoms with Crippen LogP contribution >= 0.6 is 15.9 Å². The van der Waals surface area contributed by atoms with E-state index in [9.17, 15) is 0 Å². The summed E-state index contributed by atoms with van der Waals surface area (Å²) in [6, 6.07) is 14.4. The first kappa shape index (κ1) is 17.3. The number of rotatable bonds is 5. The molecule has 0 radical (unpaired) electrons. The van der Waals surface area contributed by atoms with E-state index in [1.165, 1.54) is 0 Å². The fourth-order valence-electron chi connectivity index (χ4n) is 3.19. The number of halogens is 1. The summed E-state index contributed by atoms with van der Waals surface area (Å²) in [4.78, 5) is 4.10. The van der Waals surface area contributed by atoms with Gasteiger partial charge in [0.25, 0.3) is 0 Å². The third-order valence-corrected chi connectivity index (χ3v) is 5.13. The van der Waals surface area contributed by atoms with Crippen molar-refractivity contribution in [2.75, 3.05) is 20.3 Å². The molecule has 6 heteroatoms. The third kappa shape index (κ3) is 3.28. The van der Waals surface area contributed by atoms with Crippen molar-refractivity contribution in [3.05, 3.63) is 71.2 Å².